The molecule has 0 aliphatic carbocycles. The van der Waals surface area contributed by atoms with Gasteiger partial charge >= 0.3 is 0 Å². The van der Waals surface area contributed by atoms with Crippen LogP contribution in [-0.4, -0.2) is 65.5 Å². The van der Waals surface area contributed by atoms with E-state index < -0.39 is 0 Å². The summed E-state index contributed by atoms with van der Waals surface area (Å²) < 4.78 is 6.89. The molecule has 7 nitrogen and oxygen atoms in total. The zero-order valence-corrected chi connectivity index (χ0v) is 13.9. The maximum absolute atomic E-state index is 12.4. The Kier molecular flexibility index (Phi) is 5.55. The molecule has 1 aliphatic heterocycles. The molecular formula is C17H23N5O2. The van der Waals surface area contributed by atoms with Crippen molar-refractivity contribution >= 4 is 5.91 Å². The van der Waals surface area contributed by atoms with Gasteiger partial charge in [0.1, 0.15) is 12.7 Å². The van der Waals surface area contributed by atoms with E-state index in [9.17, 15) is 4.79 Å². The third-order valence-electron chi connectivity index (χ3n) is 4.36. The van der Waals surface area contributed by atoms with E-state index in [1.54, 1.807) is 24.3 Å². The van der Waals surface area contributed by atoms with Gasteiger partial charge in [-0.25, -0.2) is 0 Å². The topological polar surface area (TPSA) is 72.3 Å². The SMILES string of the molecule is COCCN1CCC(CNC(=O)c2cccc(-n3cnnc3)c2)C1. The first-order valence-electron chi connectivity index (χ1n) is 8.21. The van der Waals surface area contributed by atoms with Crippen molar-refractivity contribution in [2.75, 3.05) is 39.9 Å². The summed E-state index contributed by atoms with van der Waals surface area (Å²) in [7, 11) is 1.72. The molecule has 1 unspecified atom stereocenters. The Morgan fingerprint density at radius 1 is 1.38 bits per heavy atom. The number of ether oxygens (including phenoxy) is 1. The number of rotatable bonds is 7. The minimum Gasteiger partial charge on any atom is -0.383 e. The number of aromatic nitrogens is 3. The number of methoxy groups -OCH3 is 1. The van der Waals surface area contributed by atoms with Gasteiger partial charge in [0.15, 0.2) is 0 Å². The quantitative estimate of drug-likeness (QED) is 0.819. The standard InChI is InChI=1S/C17H23N5O2/c1-24-8-7-21-6-5-14(11-21)10-18-17(23)15-3-2-4-16(9-15)22-12-19-20-13-22/h2-4,9,12-14H,5-8,10-11H2,1H3,(H,18,23). The van der Waals surface area contributed by atoms with Crippen LogP contribution in [0.4, 0.5) is 0 Å². The third kappa shape index (κ3) is 4.18. The number of hydrogen-bond acceptors (Lipinski definition) is 5. The van der Waals surface area contributed by atoms with Crippen LogP contribution < -0.4 is 5.32 Å². The highest BCUT2D eigenvalue weighted by molar-refractivity contribution is 5.94. The maximum Gasteiger partial charge on any atom is 0.251 e. The summed E-state index contributed by atoms with van der Waals surface area (Å²) in [5.74, 6) is 0.465. The van der Waals surface area contributed by atoms with Crippen LogP contribution in [0.5, 0.6) is 0 Å². The highest BCUT2D eigenvalue weighted by atomic mass is 16.5. The van der Waals surface area contributed by atoms with E-state index in [4.69, 9.17) is 4.74 Å². The van der Waals surface area contributed by atoms with Crippen molar-refractivity contribution in [1.82, 2.24) is 25.0 Å². The van der Waals surface area contributed by atoms with E-state index in [-0.39, 0.29) is 5.91 Å². The Labute approximate surface area is 141 Å². The van der Waals surface area contributed by atoms with Gasteiger partial charge in [0.25, 0.3) is 5.91 Å². The van der Waals surface area contributed by atoms with Crippen LogP contribution in [0.2, 0.25) is 0 Å². The molecule has 1 amide bonds. The van der Waals surface area contributed by atoms with E-state index in [0.717, 1.165) is 38.3 Å². The van der Waals surface area contributed by atoms with Gasteiger partial charge in [0.05, 0.1) is 6.61 Å². The molecule has 2 aromatic rings. The first-order chi connectivity index (χ1) is 11.8. The summed E-state index contributed by atoms with van der Waals surface area (Å²) in [4.78, 5) is 14.8. The Hall–Kier alpha value is -2.25. The fraction of sp³-hybridized carbons (Fsp3) is 0.471. The number of benzene rings is 1. The predicted octanol–water partition coefficient (Wildman–Crippen LogP) is 0.965. The smallest absolute Gasteiger partial charge is 0.251 e. The number of nitrogens with one attached hydrogen (secondary N) is 1. The van der Waals surface area contributed by atoms with Gasteiger partial charge in [-0.2, -0.15) is 0 Å². The highest BCUT2D eigenvalue weighted by Gasteiger charge is 2.22. The van der Waals surface area contributed by atoms with Crippen LogP contribution in [0.25, 0.3) is 5.69 Å². The number of nitrogens with zero attached hydrogens (tertiary/aromatic N) is 4. The monoisotopic (exact) mass is 329 g/mol. The van der Waals surface area contributed by atoms with Crippen molar-refractivity contribution in [3.05, 3.63) is 42.5 Å². The van der Waals surface area contributed by atoms with Gasteiger partial charge in [-0.1, -0.05) is 6.07 Å². The van der Waals surface area contributed by atoms with Gasteiger partial charge in [-0.05, 0) is 37.1 Å². The van der Waals surface area contributed by atoms with Crippen molar-refractivity contribution < 1.29 is 9.53 Å². The van der Waals surface area contributed by atoms with Gasteiger partial charge in [0.2, 0.25) is 0 Å². The number of carbonyl (C=O) groups excluding carboxylic acids is 1. The lowest BCUT2D eigenvalue weighted by Crippen LogP contribution is -2.31. The zero-order valence-electron chi connectivity index (χ0n) is 13.9. The van der Waals surface area contributed by atoms with Crippen LogP contribution in [0.1, 0.15) is 16.8 Å². The molecule has 1 N–H and O–H groups in total. The van der Waals surface area contributed by atoms with E-state index in [1.165, 1.54) is 0 Å². The summed E-state index contributed by atoms with van der Waals surface area (Å²) in [6.07, 6.45) is 4.35. The molecule has 2 heterocycles. The Bertz CT molecular complexity index is 659. The first-order valence-corrected chi connectivity index (χ1v) is 8.21. The Morgan fingerprint density at radius 2 is 2.21 bits per heavy atom. The molecule has 1 aliphatic rings. The molecule has 128 valence electrons. The number of amides is 1. The second-order valence-corrected chi connectivity index (χ2v) is 6.08. The Balaban J connectivity index is 1.52. The molecule has 0 radical (unpaired) electrons. The average molecular weight is 329 g/mol. The molecule has 1 fully saturated rings. The van der Waals surface area contributed by atoms with E-state index in [0.29, 0.717) is 18.0 Å². The number of hydrogen-bond donors (Lipinski definition) is 1. The average Bonchev–Trinajstić information content (AvgIpc) is 3.30. The molecule has 1 saturated heterocycles. The lowest BCUT2D eigenvalue weighted by molar-refractivity contribution is 0.0946. The lowest BCUT2D eigenvalue weighted by atomic mass is 10.1. The van der Waals surface area contributed by atoms with Crippen LogP contribution >= 0.6 is 0 Å². The summed E-state index contributed by atoms with van der Waals surface area (Å²) in [5.41, 5.74) is 1.52. The Morgan fingerprint density at radius 3 is 3.00 bits per heavy atom. The number of likely N-dealkylation sites (tertiary alicyclic amines) is 1. The van der Waals surface area contributed by atoms with Crippen molar-refractivity contribution in [1.29, 1.82) is 0 Å². The molecule has 0 saturated carbocycles. The van der Waals surface area contributed by atoms with Gasteiger partial charge in [-0.15, -0.1) is 10.2 Å². The zero-order chi connectivity index (χ0) is 16.8. The summed E-state index contributed by atoms with van der Waals surface area (Å²) in [6.45, 7) is 4.52. The molecule has 0 bridgehead atoms. The fourth-order valence-electron chi connectivity index (χ4n) is 2.98. The molecule has 1 atom stereocenters. The van der Waals surface area contributed by atoms with Crippen LogP contribution in [0.15, 0.2) is 36.9 Å². The van der Waals surface area contributed by atoms with Crippen LogP contribution in [-0.2, 0) is 4.74 Å². The second-order valence-electron chi connectivity index (χ2n) is 6.08. The first kappa shape index (κ1) is 16.6. The van der Waals surface area contributed by atoms with E-state index in [2.05, 4.69) is 20.4 Å². The van der Waals surface area contributed by atoms with Crippen LogP contribution in [0, 0.1) is 5.92 Å². The number of carbonyl (C=O) groups is 1. The second kappa shape index (κ2) is 8.03. The van der Waals surface area contributed by atoms with E-state index >= 15 is 0 Å². The minimum atomic E-state index is -0.0414. The molecule has 3 rings (SSSR count). The normalized spacial score (nSPS) is 18.0. The van der Waals surface area contributed by atoms with Crippen molar-refractivity contribution in [3.63, 3.8) is 0 Å². The third-order valence-corrected chi connectivity index (χ3v) is 4.36. The summed E-state index contributed by atoms with van der Waals surface area (Å²) in [5, 5.41) is 10.6. The highest BCUT2D eigenvalue weighted by Crippen LogP contribution is 2.15. The minimum absolute atomic E-state index is 0.0414. The summed E-state index contributed by atoms with van der Waals surface area (Å²) in [6, 6.07) is 7.46. The predicted molar refractivity (Wildman–Crippen MR) is 90.1 cm³/mol. The molecular weight excluding hydrogens is 306 g/mol. The maximum atomic E-state index is 12.4. The van der Waals surface area contributed by atoms with Gasteiger partial charge in [-0.3, -0.25) is 9.36 Å². The van der Waals surface area contributed by atoms with Crippen molar-refractivity contribution in [2.45, 2.75) is 6.42 Å². The fourth-order valence-corrected chi connectivity index (χ4v) is 2.98. The van der Waals surface area contributed by atoms with Gasteiger partial charge < -0.3 is 15.0 Å². The van der Waals surface area contributed by atoms with Crippen molar-refractivity contribution in [2.24, 2.45) is 5.92 Å². The molecule has 24 heavy (non-hydrogen) atoms. The van der Waals surface area contributed by atoms with Gasteiger partial charge in [0, 0.05) is 38.0 Å². The largest absolute Gasteiger partial charge is 0.383 e. The van der Waals surface area contributed by atoms with Crippen LogP contribution in [0.3, 0.4) is 0 Å². The molecule has 1 aromatic carbocycles. The molecule has 0 spiro atoms. The lowest BCUT2D eigenvalue weighted by Gasteiger charge is -2.15. The molecule has 1 aromatic heterocycles. The molecule has 7 heteroatoms. The van der Waals surface area contributed by atoms with E-state index in [1.807, 2.05) is 24.3 Å². The summed E-state index contributed by atoms with van der Waals surface area (Å²) >= 11 is 0. The van der Waals surface area contributed by atoms with Crippen molar-refractivity contribution in [3.8, 4) is 5.69 Å².